The van der Waals surface area contributed by atoms with Crippen LogP contribution in [0.2, 0.25) is 0 Å². The van der Waals surface area contributed by atoms with Crippen molar-refractivity contribution in [2.45, 2.75) is 6.54 Å². The molecule has 0 aliphatic carbocycles. The van der Waals surface area contributed by atoms with Crippen molar-refractivity contribution >= 4 is 28.6 Å². The molecular formula is C22H20N4O7. The summed E-state index contributed by atoms with van der Waals surface area (Å²) in [4.78, 5) is 44.7. The molecule has 0 spiro atoms. The van der Waals surface area contributed by atoms with Crippen molar-refractivity contribution in [2.24, 2.45) is 0 Å². The normalized spacial score (nSPS) is 12.4. The number of nitro groups is 1. The number of nitrogens with zero attached hydrogens (tertiary/aromatic N) is 3. The largest absolute Gasteiger partial charge is 0.454 e. The van der Waals surface area contributed by atoms with Gasteiger partial charge in [-0.3, -0.25) is 19.7 Å². The Labute approximate surface area is 187 Å². The Kier molecular flexibility index (Phi) is 6.31. The minimum absolute atomic E-state index is 0.0237. The second-order valence-corrected chi connectivity index (χ2v) is 7.14. The lowest BCUT2D eigenvalue weighted by molar-refractivity contribution is -0.385. The maximum Gasteiger partial charge on any atom is 0.280 e. The minimum atomic E-state index is -0.557. The third kappa shape index (κ3) is 4.83. The molecule has 1 aromatic heterocycles. The number of benzene rings is 2. The molecule has 33 heavy (non-hydrogen) atoms. The van der Waals surface area contributed by atoms with E-state index in [1.807, 2.05) is 0 Å². The van der Waals surface area contributed by atoms with E-state index >= 15 is 0 Å². The highest BCUT2D eigenvalue weighted by atomic mass is 16.7. The number of carbonyl (C=O) groups is 1. The molecule has 4 rings (SSSR count). The second kappa shape index (κ2) is 9.49. The Hall–Kier alpha value is -4.25. The van der Waals surface area contributed by atoms with E-state index in [1.54, 1.807) is 24.3 Å². The number of aromatic nitrogens is 2. The van der Waals surface area contributed by atoms with Gasteiger partial charge in [0.05, 0.1) is 40.6 Å². The van der Waals surface area contributed by atoms with Crippen LogP contribution in [0.1, 0.15) is 11.4 Å². The number of hydrogen-bond acceptors (Lipinski definition) is 8. The second-order valence-electron chi connectivity index (χ2n) is 7.14. The topological polar surface area (TPSA) is 137 Å². The summed E-state index contributed by atoms with van der Waals surface area (Å²) < 4.78 is 15.5. The molecule has 1 aliphatic rings. The molecule has 0 saturated carbocycles. The number of carbonyl (C=O) groups excluding carboxylic acids is 1. The Morgan fingerprint density at radius 2 is 2.06 bits per heavy atom. The van der Waals surface area contributed by atoms with Crippen molar-refractivity contribution in [3.05, 3.63) is 74.3 Å². The Morgan fingerprint density at radius 3 is 2.82 bits per heavy atom. The molecule has 1 amide bonds. The lowest BCUT2D eigenvalue weighted by atomic mass is 10.1. The van der Waals surface area contributed by atoms with Crippen molar-refractivity contribution in [3.63, 3.8) is 0 Å². The van der Waals surface area contributed by atoms with Crippen LogP contribution >= 0.6 is 0 Å². The molecule has 1 N–H and O–H groups in total. The van der Waals surface area contributed by atoms with E-state index in [0.717, 1.165) is 0 Å². The van der Waals surface area contributed by atoms with Crippen LogP contribution in [0.3, 0.4) is 0 Å². The first kappa shape index (κ1) is 22.0. The number of ether oxygens (including phenoxy) is 3. The number of H-pyrrole nitrogens is 1. The summed E-state index contributed by atoms with van der Waals surface area (Å²) in [5.74, 6) is 0.514. The fourth-order valence-corrected chi connectivity index (χ4v) is 3.36. The maximum absolute atomic E-state index is 12.9. The zero-order valence-electron chi connectivity index (χ0n) is 17.6. The van der Waals surface area contributed by atoms with Crippen LogP contribution in [0, 0.1) is 10.1 Å². The van der Waals surface area contributed by atoms with Crippen LogP contribution in [0.15, 0.2) is 47.3 Å². The van der Waals surface area contributed by atoms with Gasteiger partial charge in [0.15, 0.2) is 11.5 Å². The quantitative estimate of drug-likeness (QED) is 0.312. The van der Waals surface area contributed by atoms with Gasteiger partial charge in [0.25, 0.3) is 11.2 Å². The average Bonchev–Trinajstić information content (AvgIpc) is 3.27. The van der Waals surface area contributed by atoms with Gasteiger partial charge in [0.1, 0.15) is 5.82 Å². The maximum atomic E-state index is 12.9. The first-order chi connectivity index (χ1) is 16.0. The van der Waals surface area contributed by atoms with Crippen LogP contribution in [-0.4, -0.2) is 52.8 Å². The van der Waals surface area contributed by atoms with Crippen LogP contribution in [0.5, 0.6) is 11.5 Å². The van der Waals surface area contributed by atoms with Crippen LogP contribution < -0.4 is 15.0 Å². The van der Waals surface area contributed by atoms with Gasteiger partial charge < -0.3 is 24.1 Å². The summed E-state index contributed by atoms with van der Waals surface area (Å²) in [5, 5.41) is 11.9. The third-order valence-corrected chi connectivity index (χ3v) is 5.00. The Balaban J connectivity index is 1.59. The van der Waals surface area contributed by atoms with E-state index in [-0.39, 0.29) is 49.0 Å². The number of nitro benzene ring substituents is 1. The van der Waals surface area contributed by atoms with Crippen molar-refractivity contribution < 1.29 is 23.9 Å². The number of methoxy groups -OCH3 is 1. The summed E-state index contributed by atoms with van der Waals surface area (Å²) in [7, 11) is 1.50. The summed E-state index contributed by atoms with van der Waals surface area (Å²) >= 11 is 0. The van der Waals surface area contributed by atoms with Gasteiger partial charge >= 0.3 is 0 Å². The number of amides is 1. The Bertz CT molecular complexity index is 1300. The highest BCUT2D eigenvalue weighted by Gasteiger charge is 2.22. The van der Waals surface area contributed by atoms with Crippen LogP contribution in [0.4, 0.5) is 5.69 Å². The van der Waals surface area contributed by atoms with Crippen molar-refractivity contribution in [1.82, 2.24) is 14.9 Å². The molecule has 170 valence electrons. The molecule has 3 aromatic rings. The smallest absolute Gasteiger partial charge is 0.280 e. The fraction of sp³-hybridized carbons (Fsp3) is 0.227. The third-order valence-electron chi connectivity index (χ3n) is 5.00. The molecular weight excluding hydrogens is 432 g/mol. The molecule has 0 saturated heterocycles. The number of aromatic amines is 1. The van der Waals surface area contributed by atoms with Crippen molar-refractivity contribution in [1.29, 1.82) is 0 Å². The van der Waals surface area contributed by atoms with Gasteiger partial charge in [-0.2, -0.15) is 0 Å². The number of fused-ring (bicyclic) bond motifs is 2. The molecule has 0 bridgehead atoms. The molecule has 2 aromatic carbocycles. The summed E-state index contributed by atoms with van der Waals surface area (Å²) in [5.41, 5.74) is 0.192. The molecule has 11 nitrogen and oxygen atoms in total. The van der Waals surface area contributed by atoms with Crippen molar-refractivity contribution in [2.75, 3.05) is 27.1 Å². The fourth-order valence-electron chi connectivity index (χ4n) is 3.36. The standard InChI is InChI=1S/C22H20N4O7/c1-31-9-8-25(12-20-23-16-5-3-2-4-15(16)22(28)24-20)21(27)7-6-14-10-18-19(33-13-32-18)11-17(14)26(29)30/h2-7,10-11H,8-9,12-13H2,1H3,(H,23,24,28)/b7-6+. The van der Waals surface area contributed by atoms with Gasteiger partial charge in [0, 0.05) is 19.7 Å². The first-order valence-corrected chi connectivity index (χ1v) is 9.98. The van der Waals surface area contributed by atoms with Gasteiger partial charge in [0.2, 0.25) is 12.7 Å². The number of nitrogens with one attached hydrogen (secondary N) is 1. The predicted molar refractivity (Wildman–Crippen MR) is 118 cm³/mol. The van der Waals surface area contributed by atoms with E-state index in [2.05, 4.69) is 9.97 Å². The Morgan fingerprint density at radius 1 is 1.30 bits per heavy atom. The van der Waals surface area contributed by atoms with Gasteiger partial charge in [-0.15, -0.1) is 0 Å². The van der Waals surface area contributed by atoms with E-state index < -0.39 is 10.8 Å². The first-order valence-electron chi connectivity index (χ1n) is 9.98. The molecule has 11 heteroatoms. The SMILES string of the molecule is COCCN(Cc1nc2ccccc2c(=O)[nH]1)C(=O)/C=C/c1cc2c(cc1[N+](=O)[O-])OCO2. The predicted octanol–water partition coefficient (Wildman–Crippen LogP) is 2.25. The average molecular weight is 452 g/mol. The van der Waals surface area contributed by atoms with E-state index in [1.165, 1.54) is 36.3 Å². The van der Waals surface area contributed by atoms with Gasteiger partial charge in [-0.1, -0.05) is 12.1 Å². The molecule has 0 atom stereocenters. The zero-order chi connectivity index (χ0) is 23.4. The molecule has 2 heterocycles. The van der Waals surface area contributed by atoms with Crippen LogP contribution in [-0.2, 0) is 16.1 Å². The summed E-state index contributed by atoms with van der Waals surface area (Å²) in [6.07, 6.45) is 2.57. The highest BCUT2D eigenvalue weighted by Crippen LogP contribution is 2.38. The van der Waals surface area contributed by atoms with E-state index in [4.69, 9.17) is 14.2 Å². The molecule has 0 fully saturated rings. The highest BCUT2D eigenvalue weighted by molar-refractivity contribution is 5.92. The van der Waals surface area contributed by atoms with E-state index in [9.17, 15) is 19.7 Å². The lowest BCUT2D eigenvalue weighted by Crippen LogP contribution is -2.33. The summed E-state index contributed by atoms with van der Waals surface area (Å²) in [6, 6.07) is 9.61. The van der Waals surface area contributed by atoms with Gasteiger partial charge in [-0.25, -0.2) is 4.98 Å². The molecule has 0 radical (unpaired) electrons. The molecule has 1 aliphatic heterocycles. The summed E-state index contributed by atoms with van der Waals surface area (Å²) in [6.45, 7) is 0.469. The number of para-hydroxylation sites is 1. The van der Waals surface area contributed by atoms with Crippen LogP contribution in [0.25, 0.3) is 17.0 Å². The minimum Gasteiger partial charge on any atom is -0.454 e. The monoisotopic (exact) mass is 452 g/mol. The molecule has 0 unspecified atom stereocenters. The number of hydrogen-bond donors (Lipinski definition) is 1. The van der Waals surface area contributed by atoms with E-state index in [0.29, 0.717) is 22.5 Å². The van der Waals surface area contributed by atoms with Crippen molar-refractivity contribution in [3.8, 4) is 11.5 Å². The zero-order valence-corrected chi connectivity index (χ0v) is 17.6. The van der Waals surface area contributed by atoms with Gasteiger partial charge in [-0.05, 0) is 24.3 Å². The number of rotatable bonds is 8. The lowest BCUT2D eigenvalue weighted by Gasteiger charge is -2.20.